The van der Waals surface area contributed by atoms with Gasteiger partial charge in [-0.3, -0.25) is 0 Å². The van der Waals surface area contributed by atoms with Crippen LogP contribution in [-0.4, -0.2) is 24.2 Å². The van der Waals surface area contributed by atoms with Crippen molar-refractivity contribution < 1.29 is 9.13 Å². The molecule has 0 aliphatic carbocycles. The molecule has 0 saturated carbocycles. The molecule has 132 valence electrons. The lowest BCUT2D eigenvalue weighted by molar-refractivity contribution is 0.0899. The molecule has 0 unspecified atom stereocenters. The van der Waals surface area contributed by atoms with Crippen molar-refractivity contribution in [2.24, 2.45) is 0 Å². The predicted molar refractivity (Wildman–Crippen MR) is 104 cm³/mol. The number of benzene rings is 1. The zero-order chi connectivity index (χ0) is 18.0. The van der Waals surface area contributed by atoms with Gasteiger partial charge in [0.2, 0.25) is 0 Å². The lowest BCUT2D eigenvalue weighted by atomic mass is 10.1. The third kappa shape index (κ3) is 4.48. The molecule has 0 fully saturated rings. The highest BCUT2D eigenvalue weighted by Gasteiger charge is 2.14. The molecule has 2 aromatic heterocycles. The van der Waals surface area contributed by atoms with Gasteiger partial charge in [0.25, 0.3) is 0 Å². The van der Waals surface area contributed by atoms with Crippen molar-refractivity contribution in [2.75, 3.05) is 6.61 Å². The number of fused-ring (bicyclic) bond motifs is 1. The topological polar surface area (TPSA) is 27.1 Å². The summed E-state index contributed by atoms with van der Waals surface area (Å²) in [5.74, 6) is -0.252. The first-order valence-corrected chi connectivity index (χ1v) is 12.4. The van der Waals surface area contributed by atoms with Crippen molar-refractivity contribution in [3.63, 3.8) is 0 Å². The number of halogens is 2. The Labute approximate surface area is 153 Å². The first kappa shape index (κ1) is 18.1. The zero-order valence-corrected chi connectivity index (χ0v) is 16.5. The van der Waals surface area contributed by atoms with Crippen LogP contribution in [0.1, 0.15) is 0 Å². The summed E-state index contributed by atoms with van der Waals surface area (Å²) in [5, 5.41) is 1.51. The SMILES string of the molecule is C[Si](C)(C)CCOCn1cc(-c2ccc(F)cc2)c2cc(Cl)cnc21. The van der Waals surface area contributed by atoms with Crippen LogP contribution in [0.2, 0.25) is 30.7 Å². The molecule has 0 radical (unpaired) electrons. The highest BCUT2D eigenvalue weighted by Crippen LogP contribution is 2.31. The molecular formula is C19H22ClFN2OSi. The van der Waals surface area contributed by atoms with E-state index in [4.69, 9.17) is 16.3 Å². The molecule has 0 atom stereocenters. The average molecular weight is 377 g/mol. The van der Waals surface area contributed by atoms with Gasteiger partial charge in [0.1, 0.15) is 18.2 Å². The van der Waals surface area contributed by atoms with Crippen molar-refractivity contribution in [1.82, 2.24) is 9.55 Å². The zero-order valence-electron chi connectivity index (χ0n) is 14.7. The van der Waals surface area contributed by atoms with Crippen molar-refractivity contribution in [1.29, 1.82) is 0 Å². The quantitative estimate of drug-likeness (QED) is 0.401. The highest BCUT2D eigenvalue weighted by atomic mass is 35.5. The van der Waals surface area contributed by atoms with Crippen LogP contribution in [0, 0.1) is 5.82 Å². The van der Waals surface area contributed by atoms with E-state index in [1.54, 1.807) is 18.3 Å². The molecule has 0 spiro atoms. The second kappa shape index (κ2) is 7.28. The van der Waals surface area contributed by atoms with Crippen molar-refractivity contribution in [3.8, 4) is 11.1 Å². The van der Waals surface area contributed by atoms with Crippen LogP contribution >= 0.6 is 11.6 Å². The number of aromatic nitrogens is 2. The van der Waals surface area contributed by atoms with Crippen molar-refractivity contribution in [3.05, 3.63) is 53.6 Å². The summed E-state index contributed by atoms with van der Waals surface area (Å²) >= 11 is 6.13. The van der Waals surface area contributed by atoms with E-state index >= 15 is 0 Å². The molecule has 0 bridgehead atoms. The van der Waals surface area contributed by atoms with Crippen molar-refractivity contribution in [2.45, 2.75) is 32.4 Å². The molecule has 0 amide bonds. The van der Waals surface area contributed by atoms with Crippen LogP contribution in [0.15, 0.2) is 42.7 Å². The Hall–Kier alpha value is -1.69. The van der Waals surface area contributed by atoms with Gasteiger partial charge in [0.15, 0.2) is 0 Å². The minimum absolute atomic E-state index is 0.252. The lowest BCUT2D eigenvalue weighted by Gasteiger charge is -2.15. The van der Waals surface area contributed by atoms with E-state index in [0.29, 0.717) is 11.8 Å². The standard InChI is InChI=1S/C19H22ClFN2OSi/c1-25(2,3)9-8-24-13-23-12-18(14-4-6-16(21)7-5-14)17-10-15(20)11-22-19(17)23/h4-7,10-12H,8-9,13H2,1-3H3. The molecule has 6 heteroatoms. The van der Waals surface area contributed by atoms with Gasteiger partial charge in [-0.15, -0.1) is 0 Å². The van der Waals surface area contributed by atoms with Gasteiger partial charge in [-0.25, -0.2) is 9.37 Å². The number of rotatable bonds is 6. The molecule has 3 rings (SSSR count). The van der Waals surface area contributed by atoms with E-state index in [-0.39, 0.29) is 5.82 Å². The van der Waals surface area contributed by atoms with Crippen LogP contribution in [0.25, 0.3) is 22.2 Å². The largest absolute Gasteiger partial charge is 0.361 e. The minimum Gasteiger partial charge on any atom is -0.361 e. The van der Waals surface area contributed by atoms with Crippen molar-refractivity contribution >= 4 is 30.7 Å². The second-order valence-electron chi connectivity index (χ2n) is 7.39. The number of pyridine rings is 1. The summed E-state index contributed by atoms with van der Waals surface area (Å²) in [4.78, 5) is 4.46. The summed E-state index contributed by atoms with van der Waals surface area (Å²) in [6.07, 6.45) is 3.63. The Morgan fingerprint density at radius 3 is 2.60 bits per heavy atom. The molecule has 0 aliphatic heterocycles. The van der Waals surface area contributed by atoms with Gasteiger partial charge < -0.3 is 9.30 Å². The average Bonchev–Trinajstić information content (AvgIpc) is 2.89. The van der Waals surface area contributed by atoms with Gasteiger partial charge in [-0.2, -0.15) is 0 Å². The van der Waals surface area contributed by atoms with Gasteiger partial charge in [-0.1, -0.05) is 43.4 Å². The van der Waals surface area contributed by atoms with E-state index in [2.05, 4.69) is 24.6 Å². The van der Waals surface area contributed by atoms with Gasteiger partial charge in [0.05, 0.1) is 5.02 Å². The monoisotopic (exact) mass is 376 g/mol. The van der Waals surface area contributed by atoms with E-state index < -0.39 is 8.07 Å². The smallest absolute Gasteiger partial charge is 0.142 e. The number of hydrogen-bond donors (Lipinski definition) is 0. The van der Waals surface area contributed by atoms with Crippen LogP contribution in [0.4, 0.5) is 4.39 Å². The van der Waals surface area contributed by atoms with E-state index in [1.165, 1.54) is 12.1 Å². The summed E-state index contributed by atoms with van der Waals surface area (Å²) in [6.45, 7) is 8.18. The number of hydrogen-bond acceptors (Lipinski definition) is 2. The first-order valence-electron chi connectivity index (χ1n) is 8.31. The first-order chi connectivity index (χ1) is 11.8. The summed E-state index contributed by atoms with van der Waals surface area (Å²) in [5.41, 5.74) is 2.71. The third-order valence-electron chi connectivity index (χ3n) is 4.06. The maximum atomic E-state index is 13.2. The van der Waals surface area contributed by atoms with Crippen LogP contribution in [0.5, 0.6) is 0 Å². The van der Waals surface area contributed by atoms with Crippen LogP contribution in [0.3, 0.4) is 0 Å². The summed E-state index contributed by atoms with van der Waals surface area (Å²) in [6, 6.07) is 9.46. The molecule has 0 N–H and O–H groups in total. The lowest BCUT2D eigenvalue weighted by Crippen LogP contribution is -2.22. The van der Waals surface area contributed by atoms with Gasteiger partial charge in [-0.05, 0) is 29.8 Å². The van der Waals surface area contributed by atoms with E-state index in [9.17, 15) is 4.39 Å². The Kier molecular flexibility index (Phi) is 5.27. The van der Waals surface area contributed by atoms with E-state index in [1.807, 2.05) is 16.8 Å². The molecular weight excluding hydrogens is 355 g/mol. The van der Waals surface area contributed by atoms with Gasteiger partial charge >= 0.3 is 0 Å². The van der Waals surface area contributed by atoms with E-state index in [0.717, 1.165) is 34.8 Å². The molecule has 0 aliphatic rings. The van der Waals surface area contributed by atoms with Gasteiger partial charge in [0, 0.05) is 38.0 Å². The molecule has 25 heavy (non-hydrogen) atoms. The second-order valence-corrected chi connectivity index (χ2v) is 13.4. The predicted octanol–water partition coefficient (Wildman–Crippen LogP) is 5.81. The molecule has 3 aromatic rings. The Bertz CT molecular complexity index is 872. The minimum atomic E-state index is -1.11. The Balaban J connectivity index is 1.90. The highest BCUT2D eigenvalue weighted by molar-refractivity contribution is 6.76. The fraction of sp³-hybridized carbons (Fsp3) is 0.316. The third-order valence-corrected chi connectivity index (χ3v) is 5.97. The summed E-state index contributed by atoms with van der Waals surface area (Å²) in [7, 11) is -1.11. The molecule has 0 saturated heterocycles. The van der Waals surface area contributed by atoms with Crippen LogP contribution < -0.4 is 0 Å². The summed E-state index contributed by atoms with van der Waals surface area (Å²) < 4.78 is 21.1. The molecule has 1 aromatic carbocycles. The Morgan fingerprint density at radius 2 is 1.92 bits per heavy atom. The maximum absolute atomic E-state index is 13.2. The molecule has 2 heterocycles. The normalized spacial score (nSPS) is 12.0. The molecule has 3 nitrogen and oxygen atoms in total. The fourth-order valence-electron chi connectivity index (χ4n) is 2.64. The maximum Gasteiger partial charge on any atom is 0.142 e. The Morgan fingerprint density at radius 1 is 1.20 bits per heavy atom. The fourth-order valence-corrected chi connectivity index (χ4v) is 3.56. The number of nitrogens with zero attached hydrogens (tertiary/aromatic N) is 2. The van der Waals surface area contributed by atoms with Crippen LogP contribution in [-0.2, 0) is 11.5 Å². The number of ether oxygens (including phenoxy) is 1.